The quantitative estimate of drug-likeness (QED) is 0.797. The summed E-state index contributed by atoms with van der Waals surface area (Å²) < 4.78 is 10.2. The molecule has 0 aliphatic heterocycles. The van der Waals surface area contributed by atoms with E-state index >= 15 is 0 Å². The number of aromatic nitrogens is 2. The molecule has 0 aliphatic carbocycles. The summed E-state index contributed by atoms with van der Waals surface area (Å²) in [5.74, 6) is 1.93. The van der Waals surface area contributed by atoms with Crippen molar-refractivity contribution >= 4 is 0 Å². The molecule has 1 N–H and O–H groups in total. The molecule has 74 valence electrons. The van der Waals surface area contributed by atoms with Crippen LogP contribution in [0.25, 0.3) is 11.5 Å². The first-order valence-corrected chi connectivity index (χ1v) is 4.33. The molecule has 5 nitrogen and oxygen atoms in total. The van der Waals surface area contributed by atoms with Crippen molar-refractivity contribution in [3.05, 3.63) is 23.9 Å². The average molecular weight is 193 g/mol. The van der Waals surface area contributed by atoms with E-state index in [0.29, 0.717) is 18.3 Å². The zero-order chi connectivity index (χ0) is 9.97. The molecule has 0 fully saturated rings. The van der Waals surface area contributed by atoms with Crippen LogP contribution in [0.1, 0.15) is 11.6 Å². The highest BCUT2D eigenvalue weighted by molar-refractivity contribution is 5.54. The van der Waals surface area contributed by atoms with E-state index in [4.69, 9.17) is 8.94 Å². The van der Waals surface area contributed by atoms with E-state index in [9.17, 15) is 0 Å². The van der Waals surface area contributed by atoms with Crippen molar-refractivity contribution < 1.29 is 8.94 Å². The molecule has 5 heteroatoms. The topological polar surface area (TPSA) is 64.1 Å². The smallest absolute Gasteiger partial charge is 0.261 e. The van der Waals surface area contributed by atoms with Crippen molar-refractivity contribution in [1.82, 2.24) is 15.5 Å². The lowest BCUT2D eigenvalue weighted by Gasteiger charge is -1.88. The standard InChI is InChI=1S/C9H11N3O2/c1-6-7(3-4-13-6)9-11-8(5-10-2)12-14-9/h3-4,10H,5H2,1-2H3. The van der Waals surface area contributed by atoms with Crippen LogP contribution in [0.2, 0.25) is 0 Å². The lowest BCUT2D eigenvalue weighted by atomic mass is 10.3. The minimum Gasteiger partial charge on any atom is -0.469 e. The molecule has 0 radical (unpaired) electrons. The Morgan fingerprint density at radius 3 is 3.00 bits per heavy atom. The fourth-order valence-electron chi connectivity index (χ4n) is 1.20. The predicted octanol–water partition coefficient (Wildman–Crippen LogP) is 1.36. The molecular formula is C9H11N3O2. The molecule has 0 saturated carbocycles. The van der Waals surface area contributed by atoms with E-state index in [-0.39, 0.29) is 0 Å². The number of hydrogen-bond acceptors (Lipinski definition) is 5. The van der Waals surface area contributed by atoms with Crippen LogP contribution in [-0.4, -0.2) is 17.2 Å². The summed E-state index contributed by atoms with van der Waals surface area (Å²) in [6.45, 7) is 2.46. The third kappa shape index (κ3) is 1.54. The van der Waals surface area contributed by atoms with Crippen molar-refractivity contribution in [1.29, 1.82) is 0 Å². The van der Waals surface area contributed by atoms with Gasteiger partial charge >= 0.3 is 0 Å². The van der Waals surface area contributed by atoms with E-state index in [0.717, 1.165) is 11.3 Å². The molecule has 0 bridgehead atoms. The summed E-state index contributed by atoms with van der Waals surface area (Å²) >= 11 is 0. The minimum atomic E-state index is 0.501. The maximum absolute atomic E-state index is 5.14. The van der Waals surface area contributed by atoms with Gasteiger partial charge in [0.1, 0.15) is 5.76 Å². The van der Waals surface area contributed by atoms with Gasteiger partial charge in [-0.3, -0.25) is 0 Å². The second kappa shape index (κ2) is 3.63. The first-order valence-electron chi connectivity index (χ1n) is 4.33. The van der Waals surface area contributed by atoms with Crippen LogP contribution in [0, 0.1) is 6.92 Å². The summed E-state index contributed by atoms with van der Waals surface area (Å²) in [4.78, 5) is 4.20. The van der Waals surface area contributed by atoms with E-state index in [2.05, 4.69) is 15.5 Å². The summed E-state index contributed by atoms with van der Waals surface area (Å²) in [5, 5.41) is 6.76. The molecule has 2 aromatic heterocycles. The van der Waals surface area contributed by atoms with Gasteiger partial charge in [-0.05, 0) is 20.0 Å². The van der Waals surface area contributed by atoms with Gasteiger partial charge in [0.05, 0.1) is 18.4 Å². The molecule has 0 amide bonds. The van der Waals surface area contributed by atoms with E-state index in [1.807, 2.05) is 20.0 Å². The first-order chi connectivity index (χ1) is 6.81. The number of aryl methyl sites for hydroxylation is 1. The number of nitrogens with zero attached hydrogens (tertiary/aromatic N) is 2. The van der Waals surface area contributed by atoms with E-state index < -0.39 is 0 Å². The van der Waals surface area contributed by atoms with Crippen molar-refractivity contribution in [2.75, 3.05) is 7.05 Å². The Kier molecular flexibility index (Phi) is 2.32. The van der Waals surface area contributed by atoms with Crippen LogP contribution < -0.4 is 5.32 Å². The van der Waals surface area contributed by atoms with Gasteiger partial charge in [0.2, 0.25) is 0 Å². The fourth-order valence-corrected chi connectivity index (χ4v) is 1.20. The monoisotopic (exact) mass is 193 g/mol. The lowest BCUT2D eigenvalue weighted by Crippen LogP contribution is -2.06. The second-order valence-corrected chi connectivity index (χ2v) is 2.94. The molecule has 2 rings (SSSR count). The Hall–Kier alpha value is -1.62. The molecule has 0 unspecified atom stereocenters. The summed E-state index contributed by atoms with van der Waals surface area (Å²) in [6.07, 6.45) is 1.60. The molecular weight excluding hydrogens is 182 g/mol. The van der Waals surface area contributed by atoms with Gasteiger partial charge in [-0.25, -0.2) is 0 Å². The van der Waals surface area contributed by atoms with Crippen LogP contribution in [0.4, 0.5) is 0 Å². The van der Waals surface area contributed by atoms with Crippen molar-refractivity contribution in [2.24, 2.45) is 0 Å². The first kappa shape index (κ1) is 8.96. The normalized spacial score (nSPS) is 10.7. The number of furan rings is 1. The zero-order valence-corrected chi connectivity index (χ0v) is 8.07. The Bertz CT molecular complexity index is 419. The van der Waals surface area contributed by atoms with E-state index in [1.165, 1.54) is 0 Å². The maximum atomic E-state index is 5.14. The third-order valence-corrected chi connectivity index (χ3v) is 1.89. The number of nitrogens with one attached hydrogen (secondary N) is 1. The summed E-state index contributed by atoms with van der Waals surface area (Å²) in [5.41, 5.74) is 0.847. The zero-order valence-electron chi connectivity index (χ0n) is 8.07. The van der Waals surface area contributed by atoms with Crippen LogP contribution >= 0.6 is 0 Å². The summed E-state index contributed by atoms with van der Waals surface area (Å²) in [6, 6.07) is 1.81. The molecule has 0 saturated heterocycles. The Balaban J connectivity index is 2.29. The SMILES string of the molecule is CNCc1noc(-c2ccoc2C)n1. The van der Waals surface area contributed by atoms with Gasteiger partial charge in [0.15, 0.2) is 5.82 Å². The van der Waals surface area contributed by atoms with Crippen LogP contribution in [0.5, 0.6) is 0 Å². The minimum absolute atomic E-state index is 0.501. The van der Waals surface area contributed by atoms with Gasteiger partial charge in [0, 0.05) is 0 Å². The van der Waals surface area contributed by atoms with Crippen molar-refractivity contribution in [3.63, 3.8) is 0 Å². The molecule has 2 heterocycles. The average Bonchev–Trinajstić information content (AvgIpc) is 2.74. The van der Waals surface area contributed by atoms with Crippen LogP contribution in [0.15, 0.2) is 21.3 Å². The van der Waals surface area contributed by atoms with Gasteiger partial charge in [0.25, 0.3) is 5.89 Å². The fraction of sp³-hybridized carbons (Fsp3) is 0.333. The molecule has 0 aliphatic rings. The molecule has 0 atom stereocenters. The van der Waals surface area contributed by atoms with Gasteiger partial charge in [-0.15, -0.1) is 0 Å². The highest BCUT2D eigenvalue weighted by atomic mass is 16.5. The molecule has 0 aromatic carbocycles. The lowest BCUT2D eigenvalue weighted by molar-refractivity contribution is 0.419. The highest BCUT2D eigenvalue weighted by Crippen LogP contribution is 2.21. The van der Waals surface area contributed by atoms with Crippen LogP contribution in [0.3, 0.4) is 0 Å². The molecule has 14 heavy (non-hydrogen) atoms. The maximum Gasteiger partial charge on any atom is 0.261 e. The molecule has 2 aromatic rings. The Labute approximate surface area is 81.1 Å². The Morgan fingerprint density at radius 1 is 1.50 bits per heavy atom. The molecule has 0 spiro atoms. The van der Waals surface area contributed by atoms with Gasteiger partial charge < -0.3 is 14.3 Å². The Morgan fingerprint density at radius 2 is 2.36 bits per heavy atom. The van der Waals surface area contributed by atoms with Crippen molar-refractivity contribution in [3.8, 4) is 11.5 Å². The third-order valence-electron chi connectivity index (χ3n) is 1.89. The number of rotatable bonds is 3. The van der Waals surface area contributed by atoms with E-state index in [1.54, 1.807) is 6.26 Å². The highest BCUT2D eigenvalue weighted by Gasteiger charge is 2.12. The van der Waals surface area contributed by atoms with Crippen LogP contribution in [-0.2, 0) is 6.54 Å². The van der Waals surface area contributed by atoms with Gasteiger partial charge in [-0.2, -0.15) is 4.98 Å². The largest absolute Gasteiger partial charge is 0.469 e. The van der Waals surface area contributed by atoms with Gasteiger partial charge in [-0.1, -0.05) is 5.16 Å². The predicted molar refractivity (Wildman–Crippen MR) is 49.5 cm³/mol. The number of hydrogen-bond donors (Lipinski definition) is 1. The summed E-state index contributed by atoms with van der Waals surface area (Å²) in [7, 11) is 1.83. The van der Waals surface area contributed by atoms with Crippen molar-refractivity contribution in [2.45, 2.75) is 13.5 Å². The second-order valence-electron chi connectivity index (χ2n) is 2.94.